The number of hydrogen-bond donors (Lipinski definition) is 0. The molecule has 2 aromatic carbocycles. The zero-order valence-electron chi connectivity index (χ0n) is 17.2. The Morgan fingerprint density at radius 2 is 1.74 bits per heavy atom. The first-order chi connectivity index (χ1) is 12.9. The number of thiocarbonyl (C=S) groups is 1. The molecular formula is C22H24S. The fourth-order valence-corrected chi connectivity index (χ4v) is 4.52. The van der Waals surface area contributed by atoms with E-state index in [0.29, 0.717) is 16.8 Å². The van der Waals surface area contributed by atoms with E-state index >= 15 is 0 Å². The zero-order chi connectivity index (χ0) is 19.3. The first kappa shape index (κ1) is 11.1. The SMILES string of the molecule is [2H][C@@H]1CCCCC12C(=S)C(C([2H])([2H])c1ccccc1)[C@@]2([2H])c1ccccc1. The summed E-state index contributed by atoms with van der Waals surface area (Å²) in [5.74, 6) is -1.96. The van der Waals surface area contributed by atoms with Gasteiger partial charge in [0, 0.05) is 27.6 Å². The summed E-state index contributed by atoms with van der Waals surface area (Å²) in [6, 6.07) is 18.6. The molecule has 23 heavy (non-hydrogen) atoms. The third kappa shape index (κ3) is 2.55. The quantitative estimate of drug-likeness (QED) is 0.627. The van der Waals surface area contributed by atoms with Crippen LogP contribution in [-0.2, 0) is 6.37 Å². The fourth-order valence-electron chi connectivity index (χ4n) is 4.05. The Labute approximate surface area is 150 Å². The predicted octanol–water partition coefficient (Wildman–Crippen LogP) is 5.96. The lowest BCUT2D eigenvalue weighted by Crippen LogP contribution is -2.56. The van der Waals surface area contributed by atoms with E-state index in [1.54, 1.807) is 12.1 Å². The minimum Gasteiger partial charge on any atom is -0.0887 e. The van der Waals surface area contributed by atoms with Crippen LogP contribution in [0.4, 0.5) is 0 Å². The molecule has 0 bridgehead atoms. The van der Waals surface area contributed by atoms with Gasteiger partial charge in [-0.2, -0.15) is 0 Å². The van der Waals surface area contributed by atoms with E-state index in [2.05, 4.69) is 0 Å². The van der Waals surface area contributed by atoms with Crippen LogP contribution in [0.1, 0.15) is 54.6 Å². The second kappa shape index (κ2) is 6.20. The van der Waals surface area contributed by atoms with Gasteiger partial charge in [0.25, 0.3) is 0 Å². The van der Waals surface area contributed by atoms with Crippen molar-refractivity contribution in [2.45, 2.75) is 44.3 Å². The molecule has 0 saturated heterocycles. The van der Waals surface area contributed by atoms with Crippen LogP contribution in [0.15, 0.2) is 60.7 Å². The molecule has 0 radical (unpaired) electrons. The molecule has 0 aliphatic heterocycles. The Morgan fingerprint density at radius 3 is 2.43 bits per heavy atom. The maximum Gasteiger partial charge on any atom is 0.0368 e. The molecule has 1 heteroatoms. The van der Waals surface area contributed by atoms with Crippen LogP contribution in [-0.4, -0.2) is 4.86 Å². The van der Waals surface area contributed by atoms with Crippen LogP contribution in [0.25, 0.3) is 0 Å². The van der Waals surface area contributed by atoms with Crippen molar-refractivity contribution in [1.82, 2.24) is 0 Å². The second-order valence-corrected chi connectivity index (χ2v) is 6.95. The van der Waals surface area contributed by atoms with E-state index in [0.717, 1.165) is 24.8 Å². The molecule has 0 amide bonds. The van der Waals surface area contributed by atoms with Crippen molar-refractivity contribution in [3.8, 4) is 0 Å². The van der Waals surface area contributed by atoms with Crippen LogP contribution < -0.4 is 0 Å². The normalized spacial score (nSPS) is 39.7. The standard InChI is InChI=1S/C22H24S/c23-21-19(16-17-10-4-1-5-11-17)20(18-12-6-2-7-13-18)22(21)14-8-3-9-15-22/h1-2,4-7,10-13,19-20H,3,8-9,14-16H2/t19?,20-/m1/s1/i14D,16D2,20D/t14-,19?,20-,22?. The first-order valence-electron chi connectivity index (χ1n) is 10.5. The summed E-state index contributed by atoms with van der Waals surface area (Å²) in [5, 5.41) is 0. The zero-order valence-corrected chi connectivity index (χ0v) is 14.0. The largest absolute Gasteiger partial charge is 0.0887 e. The molecule has 2 saturated carbocycles. The molecule has 4 atom stereocenters. The highest BCUT2D eigenvalue weighted by Crippen LogP contribution is 2.62. The molecule has 4 rings (SSSR count). The summed E-state index contributed by atoms with van der Waals surface area (Å²) in [7, 11) is 0. The average molecular weight is 325 g/mol. The van der Waals surface area contributed by atoms with Crippen LogP contribution in [0.5, 0.6) is 0 Å². The van der Waals surface area contributed by atoms with Crippen molar-refractivity contribution in [3.63, 3.8) is 0 Å². The van der Waals surface area contributed by atoms with Crippen LogP contribution >= 0.6 is 12.2 Å². The number of hydrogen-bond acceptors (Lipinski definition) is 1. The van der Waals surface area contributed by atoms with Gasteiger partial charge >= 0.3 is 0 Å². The molecular weight excluding hydrogens is 296 g/mol. The summed E-state index contributed by atoms with van der Waals surface area (Å²) in [6.45, 7) is 0. The Balaban J connectivity index is 1.89. The number of benzene rings is 2. The highest BCUT2D eigenvalue weighted by Gasteiger charge is 2.58. The monoisotopic (exact) mass is 324 g/mol. The third-order valence-electron chi connectivity index (χ3n) is 5.16. The van der Waals surface area contributed by atoms with E-state index in [1.807, 2.05) is 48.5 Å². The van der Waals surface area contributed by atoms with E-state index in [-0.39, 0.29) is 0 Å². The second-order valence-electron chi connectivity index (χ2n) is 6.51. The van der Waals surface area contributed by atoms with Gasteiger partial charge in [-0.3, -0.25) is 0 Å². The molecule has 2 aliphatic rings. The summed E-state index contributed by atoms with van der Waals surface area (Å²) >= 11 is 5.83. The van der Waals surface area contributed by atoms with Crippen LogP contribution in [0, 0.1) is 11.3 Å². The average Bonchev–Trinajstić information content (AvgIpc) is 2.69. The van der Waals surface area contributed by atoms with Crippen molar-refractivity contribution >= 4 is 17.1 Å². The highest BCUT2D eigenvalue weighted by molar-refractivity contribution is 7.80. The van der Waals surface area contributed by atoms with Crippen molar-refractivity contribution in [3.05, 3.63) is 71.8 Å². The Kier molecular flexibility index (Phi) is 3.01. The Hall–Kier alpha value is -1.47. The van der Waals surface area contributed by atoms with E-state index in [1.165, 1.54) is 0 Å². The van der Waals surface area contributed by atoms with Crippen molar-refractivity contribution < 1.29 is 5.48 Å². The summed E-state index contributed by atoms with van der Waals surface area (Å²) in [5.41, 5.74) is 0.592. The van der Waals surface area contributed by atoms with Crippen molar-refractivity contribution in [2.24, 2.45) is 11.3 Å². The first-order valence-corrected chi connectivity index (χ1v) is 8.85. The number of rotatable bonds is 3. The summed E-state index contributed by atoms with van der Waals surface area (Å²) in [4.78, 5) is 0.593. The van der Waals surface area contributed by atoms with Gasteiger partial charge in [-0.05, 0) is 30.3 Å². The minimum absolute atomic E-state index is 0.445. The van der Waals surface area contributed by atoms with Gasteiger partial charge in [-0.1, -0.05) is 92.1 Å². The molecule has 2 unspecified atom stereocenters. The lowest BCUT2D eigenvalue weighted by molar-refractivity contribution is 0.145. The molecule has 0 N–H and O–H groups in total. The maximum atomic E-state index is 9.62. The summed E-state index contributed by atoms with van der Waals surface area (Å²) in [6.07, 6.45) is 1.18. The fraction of sp³-hybridized carbons (Fsp3) is 0.409. The Bertz CT molecular complexity index is 838. The molecule has 2 aromatic rings. The van der Waals surface area contributed by atoms with Gasteiger partial charge in [-0.15, -0.1) is 0 Å². The van der Waals surface area contributed by atoms with Gasteiger partial charge < -0.3 is 0 Å². The van der Waals surface area contributed by atoms with Gasteiger partial charge in [0.2, 0.25) is 0 Å². The lowest BCUT2D eigenvalue weighted by atomic mass is 9.46. The molecule has 0 heterocycles. The highest BCUT2D eigenvalue weighted by atomic mass is 32.1. The smallest absolute Gasteiger partial charge is 0.0368 e. The van der Waals surface area contributed by atoms with E-state index in [9.17, 15) is 1.37 Å². The van der Waals surface area contributed by atoms with E-state index in [4.69, 9.17) is 16.3 Å². The minimum atomic E-state index is -1.75. The van der Waals surface area contributed by atoms with Crippen molar-refractivity contribution in [1.29, 1.82) is 0 Å². The molecule has 1 spiro atoms. The van der Waals surface area contributed by atoms with Crippen LogP contribution in [0.3, 0.4) is 0 Å². The molecule has 0 aromatic heterocycles. The summed E-state index contributed by atoms with van der Waals surface area (Å²) < 4.78 is 36.3. The third-order valence-corrected chi connectivity index (χ3v) is 5.76. The van der Waals surface area contributed by atoms with E-state index < -0.39 is 30.0 Å². The molecule has 2 aliphatic carbocycles. The predicted molar refractivity (Wildman–Crippen MR) is 101 cm³/mol. The van der Waals surface area contributed by atoms with Crippen molar-refractivity contribution in [2.75, 3.05) is 0 Å². The van der Waals surface area contributed by atoms with Gasteiger partial charge in [0.05, 0.1) is 0 Å². The topological polar surface area (TPSA) is 0 Å². The van der Waals surface area contributed by atoms with Crippen LogP contribution in [0.2, 0.25) is 0 Å². The maximum absolute atomic E-state index is 9.62. The molecule has 0 nitrogen and oxygen atoms in total. The van der Waals surface area contributed by atoms with Gasteiger partial charge in [0.1, 0.15) is 0 Å². The molecule has 2 fully saturated rings. The van der Waals surface area contributed by atoms with Gasteiger partial charge in [0.15, 0.2) is 0 Å². The van der Waals surface area contributed by atoms with Gasteiger partial charge in [-0.25, -0.2) is 0 Å². The lowest BCUT2D eigenvalue weighted by Gasteiger charge is -2.58. The molecule has 118 valence electrons. The Morgan fingerprint density at radius 1 is 1.04 bits per heavy atom.